The predicted octanol–water partition coefficient (Wildman–Crippen LogP) is 9.10. The molecule has 3 aliphatic heterocycles. The number of hydrogen-bond acceptors (Lipinski definition) is 2. The Morgan fingerprint density at radius 3 is 1.19 bits per heavy atom. The van der Waals surface area contributed by atoms with Crippen molar-refractivity contribution >= 4 is 29.9 Å². The van der Waals surface area contributed by atoms with Crippen LogP contribution in [0.1, 0.15) is 85.8 Å². The molecule has 0 aromatic heterocycles. The van der Waals surface area contributed by atoms with Gasteiger partial charge in [0.05, 0.1) is 17.4 Å². The van der Waals surface area contributed by atoms with Crippen molar-refractivity contribution in [3.8, 4) is 0 Å². The smallest absolute Gasteiger partial charge is 0.243 e. The molecule has 3 aliphatic rings. The normalized spacial score (nSPS) is 21.9. The summed E-state index contributed by atoms with van der Waals surface area (Å²) < 4.78 is 0. The molecule has 43 heavy (non-hydrogen) atoms. The van der Waals surface area contributed by atoms with Gasteiger partial charge in [0.1, 0.15) is 5.41 Å². The van der Waals surface area contributed by atoms with Crippen molar-refractivity contribution in [1.29, 1.82) is 0 Å². The van der Waals surface area contributed by atoms with Crippen LogP contribution in [-0.2, 0) is 9.59 Å². The largest absolute Gasteiger partial charge is 0.297 e. The van der Waals surface area contributed by atoms with Crippen LogP contribution < -0.4 is 9.80 Å². The lowest BCUT2D eigenvalue weighted by molar-refractivity contribution is -0.141. The van der Waals surface area contributed by atoms with E-state index in [0.29, 0.717) is 11.6 Å². The summed E-state index contributed by atoms with van der Waals surface area (Å²) in [6.07, 6.45) is 7.31. The van der Waals surface area contributed by atoms with Crippen LogP contribution in [0.15, 0.2) is 60.7 Å². The predicted molar refractivity (Wildman–Crippen MR) is 181 cm³/mol. The molecule has 3 saturated heterocycles. The molecule has 5 heteroatoms. The summed E-state index contributed by atoms with van der Waals surface area (Å²) in [6, 6.07) is 20.4. The third-order valence-electron chi connectivity index (χ3n) is 10.2. The van der Waals surface area contributed by atoms with Crippen molar-refractivity contribution in [3.05, 3.63) is 94.0 Å². The van der Waals surface area contributed by atoms with Crippen LogP contribution in [0.2, 0.25) is 11.6 Å². The van der Waals surface area contributed by atoms with Crippen molar-refractivity contribution in [1.82, 2.24) is 0 Å². The number of fused-ring (bicyclic) bond motifs is 2. The molecule has 6 rings (SSSR count). The summed E-state index contributed by atoms with van der Waals surface area (Å²) in [7, 11) is 0. The number of aryl methyl sites for hydroxylation is 6. The number of carbonyl (C=O) groups is 2. The molecule has 3 aromatic rings. The molecule has 4 nitrogen and oxygen atoms in total. The fourth-order valence-electron chi connectivity index (χ4n) is 8.57. The Labute approximate surface area is 259 Å². The highest BCUT2D eigenvalue weighted by molar-refractivity contribution is 6.67. The third-order valence-corrected chi connectivity index (χ3v) is 10.2. The van der Waals surface area contributed by atoms with Crippen LogP contribution in [0.25, 0.3) is 0 Å². The topological polar surface area (TPSA) is 40.6 Å². The zero-order valence-electron chi connectivity index (χ0n) is 27.5. The second kappa shape index (κ2) is 12.3. The standard InChI is InChI=1S/C32H43BN2O2.C6H6/c1-19-15-21(3)27(22(4)16-19)34-29(36)32(7,8)30(37)35(28-23(5)17-20(2)18-24(28)6)31(34)33-25-11-9-12-26(33)14-10-13-25;1-2-4-6-5-3-1/h15-18,25-26,31H,9-14H2,1-8H3;1-6H. The van der Waals surface area contributed by atoms with Crippen LogP contribution in [0.4, 0.5) is 11.4 Å². The molecule has 2 bridgehead atoms. The number of rotatable bonds is 3. The van der Waals surface area contributed by atoms with Gasteiger partial charge in [-0.1, -0.05) is 122 Å². The van der Waals surface area contributed by atoms with Crippen molar-refractivity contribution < 1.29 is 9.59 Å². The van der Waals surface area contributed by atoms with E-state index in [0.717, 1.165) is 33.6 Å². The summed E-state index contributed by atoms with van der Waals surface area (Å²) in [5.41, 5.74) is 7.69. The number of amides is 2. The van der Waals surface area contributed by atoms with Crippen molar-refractivity contribution in [2.24, 2.45) is 5.41 Å². The van der Waals surface area contributed by atoms with Gasteiger partial charge in [-0.05, 0) is 77.6 Å². The van der Waals surface area contributed by atoms with Gasteiger partial charge in [0.2, 0.25) is 18.5 Å². The molecule has 3 aromatic carbocycles. The quantitative estimate of drug-likeness (QED) is 0.231. The molecule has 0 radical (unpaired) electrons. The van der Waals surface area contributed by atoms with Crippen molar-refractivity contribution in [2.75, 3.05) is 9.80 Å². The maximum Gasteiger partial charge on any atom is 0.243 e. The zero-order chi connectivity index (χ0) is 31.1. The van der Waals surface area contributed by atoms with E-state index in [1.54, 1.807) is 0 Å². The Hall–Kier alpha value is -3.34. The fraction of sp³-hybridized carbons (Fsp3) is 0.474. The summed E-state index contributed by atoms with van der Waals surface area (Å²) in [4.78, 5) is 33.2. The lowest BCUT2D eigenvalue weighted by atomic mass is 9.25. The SMILES string of the molecule is Cc1cc(C)c(N2C(=O)C(C)(C)C(=O)N(c3c(C)cc(C)cc3C)C2B2C3CCCC2CCC3)c(C)c1.c1ccccc1. The minimum Gasteiger partial charge on any atom is -0.297 e. The van der Waals surface area contributed by atoms with Gasteiger partial charge < -0.3 is 0 Å². The average molecular weight is 577 g/mol. The van der Waals surface area contributed by atoms with E-state index < -0.39 is 5.41 Å². The van der Waals surface area contributed by atoms with E-state index in [9.17, 15) is 9.59 Å². The highest BCUT2D eigenvalue weighted by Gasteiger charge is 2.59. The Balaban J connectivity index is 0.000000548. The van der Waals surface area contributed by atoms with E-state index in [4.69, 9.17) is 0 Å². The molecule has 226 valence electrons. The first-order chi connectivity index (χ1) is 20.4. The first-order valence-corrected chi connectivity index (χ1v) is 16.3. The molecule has 0 N–H and O–H groups in total. The Kier molecular flexibility index (Phi) is 8.93. The highest BCUT2D eigenvalue weighted by Crippen LogP contribution is 2.52. The second-order valence-corrected chi connectivity index (χ2v) is 14.0. The van der Waals surface area contributed by atoms with Gasteiger partial charge in [-0.2, -0.15) is 0 Å². The number of hydrogen-bond donors (Lipinski definition) is 0. The lowest BCUT2D eigenvalue weighted by Gasteiger charge is -2.56. The van der Waals surface area contributed by atoms with E-state index in [2.05, 4.69) is 75.6 Å². The zero-order valence-corrected chi connectivity index (χ0v) is 27.5. The van der Waals surface area contributed by atoms with Crippen molar-refractivity contribution in [3.63, 3.8) is 0 Å². The van der Waals surface area contributed by atoms with E-state index >= 15 is 0 Å². The van der Waals surface area contributed by atoms with E-state index in [-0.39, 0.29) is 24.6 Å². The molecule has 0 saturated carbocycles. The van der Waals surface area contributed by atoms with Gasteiger partial charge in [0, 0.05) is 0 Å². The van der Waals surface area contributed by atoms with Crippen molar-refractivity contribution in [2.45, 2.75) is 112 Å². The Morgan fingerprint density at radius 1 is 0.581 bits per heavy atom. The van der Waals surface area contributed by atoms with Gasteiger partial charge in [-0.25, -0.2) is 0 Å². The molecule has 3 heterocycles. The molecule has 2 amide bonds. The molecule has 0 unspecified atom stereocenters. The minimum atomic E-state index is -1.15. The second-order valence-electron chi connectivity index (χ2n) is 14.0. The maximum atomic E-state index is 14.5. The van der Waals surface area contributed by atoms with Gasteiger partial charge in [0.15, 0.2) is 0 Å². The van der Waals surface area contributed by atoms with Gasteiger partial charge in [-0.3, -0.25) is 19.4 Å². The fourth-order valence-corrected chi connectivity index (χ4v) is 8.57. The third kappa shape index (κ3) is 5.80. The summed E-state index contributed by atoms with van der Waals surface area (Å²) in [6.45, 7) is 16.7. The molecule has 3 fully saturated rings. The molecular weight excluding hydrogens is 527 g/mol. The average Bonchev–Trinajstić information content (AvgIpc) is 2.94. The van der Waals surface area contributed by atoms with Crippen LogP contribution >= 0.6 is 0 Å². The maximum absolute atomic E-state index is 14.5. The van der Waals surface area contributed by atoms with Crippen LogP contribution in [0.3, 0.4) is 0 Å². The number of nitrogens with zero attached hydrogens (tertiary/aromatic N) is 2. The monoisotopic (exact) mass is 576 g/mol. The molecule has 0 atom stereocenters. The van der Waals surface area contributed by atoms with Gasteiger partial charge in [0.25, 0.3) is 0 Å². The van der Waals surface area contributed by atoms with Crippen LogP contribution in [0.5, 0.6) is 0 Å². The minimum absolute atomic E-state index is 0.0557. The van der Waals surface area contributed by atoms with Crippen LogP contribution in [-0.4, -0.2) is 24.6 Å². The first kappa shape index (κ1) is 31.1. The lowest BCUT2D eigenvalue weighted by Crippen LogP contribution is -2.73. The first-order valence-electron chi connectivity index (χ1n) is 16.3. The number of anilines is 2. The summed E-state index contributed by atoms with van der Waals surface area (Å²) in [5, 5.41) is 0. The Morgan fingerprint density at radius 2 is 0.884 bits per heavy atom. The van der Waals surface area contributed by atoms with E-state index in [1.807, 2.05) is 50.2 Å². The van der Waals surface area contributed by atoms with Crippen LogP contribution in [0, 0.1) is 47.0 Å². The molecule has 0 spiro atoms. The van der Waals surface area contributed by atoms with E-state index in [1.165, 1.54) is 49.7 Å². The number of benzene rings is 3. The van der Waals surface area contributed by atoms with Gasteiger partial charge in [-0.15, -0.1) is 0 Å². The number of carbonyl (C=O) groups excluding carboxylic acids is 2. The Bertz CT molecular complexity index is 1320. The van der Waals surface area contributed by atoms with Gasteiger partial charge >= 0.3 is 0 Å². The summed E-state index contributed by atoms with van der Waals surface area (Å²) in [5.74, 6) is 0.975. The molecular formula is C38H49BN2O2. The summed E-state index contributed by atoms with van der Waals surface area (Å²) >= 11 is 0. The highest BCUT2D eigenvalue weighted by atomic mass is 16.2. The molecule has 0 aliphatic carbocycles.